The van der Waals surface area contributed by atoms with Crippen LogP contribution in [0, 0.1) is 12.8 Å². The molecule has 0 aliphatic heterocycles. The van der Waals surface area contributed by atoms with Crippen molar-refractivity contribution in [1.29, 1.82) is 0 Å². The summed E-state index contributed by atoms with van der Waals surface area (Å²) in [6, 6.07) is -0.333. The Labute approximate surface area is 119 Å². The number of aromatic amines is 1. The van der Waals surface area contributed by atoms with E-state index in [1.165, 1.54) is 0 Å². The smallest absolute Gasteiger partial charge is 0.244 e. The summed E-state index contributed by atoms with van der Waals surface area (Å²) in [5, 5.41) is 15.5. The van der Waals surface area contributed by atoms with Crippen molar-refractivity contribution in [2.75, 3.05) is 13.2 Å². The third-order valence-electron chi connectivity index (χ3n) is 2.99. The predicted molar refractivity (Wildman–Crippen MR) is 74.7 cm³/mol. The van der Waals surface area contributed by atoms with Crippen LogP contribution in [-0.2, 0) is 21.4 Å². The van der Waals surface area contributed by atoms with Crippen molar-refractivity contribution < 1.29 is 18.3 Å². The predicted octanol–water partition coefficient (Wildman–Crippen LogP) is 0.550. The Morgan fingerprint density at radius 3 is 2.60 bits per heavy atom. The fraction of sp³-hybridized carbons (Fsp3) is 0.750. The van der Waals surface area contributed by atoms with Crippen molar-refractivity contribution in [2.45, 2.75) is 45.2 Å². The highest BCUT2D eigenvalue weighted by Crippen LogP contribution is 2.19. The second-order valence-electron chi connectivity index (χ2n) is 4.91. The summed E-state index contributed by atoms with van der Waals surface area (Å²) in [6.45, 7) is 7.70. The van der Waals surface area contributed by atoms with Crippen molar-refractivity contribution in [3.8, 4) is 0 Å². The van der Waals surface area contributed by atoms with Gasteiger partial charge in [-0.15, -0.1) is 0 Å². The van der Waals surface area contributed by atoms with Gasteiger partial charge in [0, 0.05) is 12.6 Å². The van der Waals surface area contributed by atoms with E-state index in [0.717, 1.165) is 0 Å². The monoisotopic (exact) mass is 305 g/mol. The van der Waals surface area contributed by atoms with E-state index in [-0.39, 0.29) is 22.5 Å². The van der Waals surface area contributed by atoms with Crippen LogP contribution in [0.5, 0.6) is 0 Å². The van der Waals surface area contributed by atoms with E-state index in [1.807, 2.05) is 20.8 Å². The van der Waals surface area contributed by atoms with Gasteiger partial charge in [0.05, 0.1) is 18.9 Å². The molecule has 1 atom stereocenters. The van der Waals surface area contributed by atoms with Gasteiger partial charge in [-0.3, -0.25) is 5.10 Å². The first kappa shape index (κ1) is 17.1. The molecule has 20 heavy (non-hydrogen) atoms. The van der Waals surface area contributed by atoms with Crippen LogP contribution in [0.4, 0.5) is 0 Å². The minimum absolute atomic E-state index is 0.0159. The Bertz CT molecular complexity index is 525. The number of H-pyrrole nitrogens is 1. The van der Waals surface area contributed by atoms with E-state index >= 15 is 0 Å². The molecule has 0 spiro atoms. The molecule has 0 saturated carbocycles. The topological polar surface area (TPSA) is 104 Å². The van der Waals surface area contributed by atoms with Crippen LogP contribution in [0.1, 0.15) is 32.2 Å². The first-order valence-corrected chi connectivity index (χ1v) is 8.06. The summed E-state index contributed by atoms with van der Waals surface area (Å²) < 4.78 is 32.8. The molecule has 0 fully saturated rings. The molecule has 1 heterocycles. The summed E-state index contributed by atoms with van der Waals surface area (Å²) in [5.74, 6) is 0.0844. The SMILES string of the molecule is CCOCC(NS(=O)(=O)c1c(CO)n[nH]c1C)C(C)C. The van der Waals surface area contributed by atoms with Gasteiger partial charge in [0.25, 0.3) is 0 Å². The molecular weight excluding hydrogens is 282 g/mol. The number of aliphatic hydroxyl groups is 1. The molecule has 1 unspecified atom stereocenters. The zero-order valence-corrected chi connectivity index (χ0v) is 13.1. The first-order chi connectivity index (χ1) is 9.33. The molecule has 3 N–H and O–H groups in total. The zero-order valence-electron chi connectivity index (χ0n) is 12.3. The largest absolute Gasteiger partial charge is 0.390 e. The van der Waals surface area contributed by atoms with Gasteiger partial charge in [-0.1, -0.05) is 13.8 Å². The van der Waals surface area contributed by atoms with Crippen molar-refractivity contribution in [1.82, 2.24) is 14.9 Å². The lowest BCUT2D eigenvalue weighted by atomic mass is 10.1. The number of nitrogens with zero attached hydrogens (tertiary/aromatic N) is 1. The maximum atomic E-state index is 12.4. The summed E-state index contributed by atoms with van der Waals surface area (Å²) in [7, 11) is -3.75. The van der Waals surface area contributed by atoms with Crippen LogP contribution in [0.15, 0.2) is 4.90 Å². The second-order valence-corrected chi connectivity index (χ2v) is 6.56. The van der Waals surface area contributed by atoms with Crippen molar-refractivity contribution >= 4 is 10.0 Å². The minimum atomic E-state index is -3.75. The maximum absolute atomic E-state index is 12.4. The fourth-order valence-corrected chi connectivity index (χ4v) is 3.52. The highest BCUT2D eigenvalue weighted by Gasteiger charge is 2.28. The molecule has 0 aromatic carbocycles. The Balaban J connectivity index is 3.00. The third kappa shape index (κ3) is 4.02. The van der Waals surface area contributed by atoms with Crippen LogP contribution in [-0.4, -0.2) is 43.0 Å². The molecule has 1 rings (SSSR count). The molecule has 0 aliphatic carbocycles. The number of aromatic nitrogens is 2. The van der Waals surface area contributed by atoms with Crippen molar-refractivity contribution in [3.05, 3.63) is 11.4 Å². The molecule has 7 nitrogen and oxygen atoms in total. The lowest BCUT2D eigenvalue weighted by Crippen LogP contribution is -2.42. The highest BCUT2D eigenvalue weighted by atomic mass is 32.2. The van der Waals surface area contributed by atoms with Gasteiger partial charge < -0.3 is 9.84 Å². The van der Waals surface area contributed by atoms with E-state index in [1.54, 1.807) is 6.92 Å². The maximum Gasteiger partial charge on any atom is 0.244 e. The Kier molecular flexibility index (Phi) is 6.12. The number of aliphatic hydroxyl groups excluding tert-OH is 1. The molecule has 116 valence electrons. The Morgan fingerprint density at radius 2 is 2.10 bits per heavy atom. The van der Waals surface area contributed by atoms with Crippen LogP contribution in [0.2, 0.25) is 0 Å². The number of ether oxygens (including phenoxy) is 1. The molecule has 1 aromatic heterocycles. The Hall–Kier alpha value is -0.960. The van der Waals surface area contributed by atoms with Crippen LogP contribution >= 0.6 is 0 Å². The molecular formula is C12H23N3O4S. The van der Waals surface area contributed by atoms with Gasteiger partial charge in [-0.25, -0.2) is 13.1 Å². The molecule has 0 amide bonds. The number of hydrogen-bond donors (Lipinski definition) is 3. The van der Waals surface area contributed by atoms with E-state index < -0.39 is 16.6 Å². The molecule has 0 bridgehead atoms. The molecule has 0 aliphatic rings. The van der Waals surface area contributed by atoms with Crippen molar-refractivity contribution in [2.24, 2.45) is 5.92 Å². The lowest BCUT2D eigenvalue weighted by Gasteiger charge is -2.22. The van der Waals surface area contributed by atoms with Crippen LogP contribution in [0.3, 0.4) is 0 Å². The lowest BCUT2D eigenvalue weighted by molar-refractivity contribution is 0.116. The fourth-order valence-electron chi connectivity index (χ4n) is 1.80. The van der Waals surface area contributed by atoms with E-state index in [0.29, 0.717) is 18.9 Å². The minimum Gasteiger partial charge on any atom is -0.390 e. The van der Waals surface area contributed by atoms with E-state index in [4.69, 9.17) is 4.74 Å². The van der Waals surface area contributed by atoms with Crippen LogP contribution < -0.4 is 4.72 Å². The zero-order chi connectivity index (χ0) is 15.3. The average Bonchev–Trinajstić information content (AvgIpc) is 2.76. The van der Waals surface area contributed by atoms with E-state index in [2.05, 4.69) is 14.9 Å². The van der Waals surface area contributed by atoms with E-state index in [9.17, 15) is 13.5 Å². The number of rotatable bonds is 8. The average molecular weight is 305 g/mol. The normalized spacial score (nSPS) is 13.9. The molecule has 1 aromatic rings. The first-order valence-electron chi connectivity index (χ1n) is 6.58. The summed E-state index contributed by atoms with van der Waals surface area (Å²) in [4.78, 5) is 0.0159. The van der Waals surface area contributed by atoms with Gasteiger partial charge >= 0.3 is 0 Å². The summed E-state index contributed by atoms with van der Waals surface area (Å²) >= 11 is 0. The van der Waals surface area contributed by atoms with Gasteiger partial charge in [-0.05, 0) is 19.8 Å². The van der Waals surface area contributed by atoms with Gasteiger partial charge in [0.2, 0.25) is 10.0 Å². The number of aryl methyl sites for hydroxylation is 1. The second kappa shape index (κ2) is 7.16. The number of sulfonamides is 1. The third-order valence-corrected chi connectivity index (χ3v) is 4.68. The van der Waals surface area contributed by atoms with Crippen LogP contribution in [0.25, 0.3) is 0 Å². The Morgan fingerprint density at radius 1 is 1.45 bits per heavy atom. The molecule has 0 radical (unpaired) electrons. The summed E-state index contributed by atoms with van der Waals surface area (Å²) in [5.41, 5.74) is 0.523. The van der Waals surface area contributed by atoms with Gasteiger partial charge in [0.1, 0.15) is 10.6 Å². The quantitative estimate of drug-likeness (QED) is 0.650. The van der Waals surface area contributed by atoms with Gasteiger partial charge in [-0.2, -0.15) is 5.10 Å². The molecule has 0 saturated heterocycles. The molecule has 8 heteroatoms. The van der Waals surface area contributed by atoms with Gasteiger partial charge in [0.15, 0.2) is 0 Å². The summed E-state index contributed by atoms with van der Waals surface area (Å²) in [6.07, 6.45) is 0. The standard InChI is InChI=1S/C12H23N3O4S/c1-5-19-7-11(8(2)3)15-20(17,18)12-9(4)13-14-10(12)6-16/h8,11,15-16H,5-7H2,1-4H3,(H,13,14). The number of hydrogen-bond acceptors (Lipinski definition) is 5. The number of nitrogens with one attached hydrogen (secondary N) is 2. The highest BCUT2D eigenvalue weighted by molar-refractivity contribution is 7.89. The van der Waals surface area contributed by atoms with Crippen molar-refractivity contribution in [3.63, 3.8) is 0 Å².